The van der Waals surface area contributed by atoms with E-state index >= 15 is 0 Å². The lowest BCUT2D eigenvalue weighted by atomic mass is 10.0. The van der Waals surface area contributed by atoms with Crippen LogP contribution in [0.2, 0.25) is 0 Å². The fourth-order valence-corrected chi connectivity index (χ4v) is 1.82. The lowest BCUT2D eigenvalue weighted by molar-refractivity contribution is -0.166. The molecule has 0 atom stereocenters. The Morgan fingerprint density at radius 2 is 1.45 bits per heavy atom. The Kier molecular flexibility index (Phi) is 7.37. The minimum atomic E-state index is -0.926. The first kappa shape index (κ1) is 18.0. The number of carbonyl (C=O) groups is 2. The highest BCUT2D eigenvalue weighted by Crippen LogP contribution is 2.14. The second kappa shape index (κ2) is 9.03. The van der Waals surface area contributed by atoms with E-state index in [4.69, 9.17) is 9.47 Å². The predicted octanol–water partition coefficient (Wildman–Crippen LogP) is 3.61. The molecule has 0 radical (unpaired) electrons. The van der Waals surface area contributed by atoms with Gasteiger partial charge in [0.2, 0.25) is 0 Å². The molecule has 1 aromatic rings. The Morgan fingerprint density at radius 1 is 0.955 bits per heavy atom. The molecule has 4 heteroatoms. The number of allylic oxidation sites excluding steroid dienone is 1. The maximum Gasteiger partial charge on any atom is 0.320 e. The minimum Gasteiger partial charge on any atom is -0.462 e. The highest BCUT2D eigenvalue weighted by Gasteiger charge is 2.29. The molecule has 0 aliphatic rings. The van der Waals surface area contributed by atoms with Crippen LogP contribution in [0.5, 0.6) is 0 Å². The highest BCUT2D eigenvalue weighted by molar-refractivity contribution is 5.95. The summed E-state index contributed by atoms with van der Waals surface area (Å²) in [6.45, 7) is 7.01. The van der Waals surface area contributed by atoms with Crippen molar-refractivity contribution in [1.29, 1.82) is 0 Å². The zero-order valence-electron chi connectivity index (χ0n) is 13.6. The van der Waals surface area contributed by atoms with Gasteiger partial charge in [0, 0.05) is 0 Å². The summed E-state index contributed by atoms with van der Waals surface area (Å²) < 4.78 is 10.3. The van der Waals surface area contributed by atoms with E-state index in [0.717, 1.165) is 5.56 Å². The maximum atomic E-state index is 12.1. The van der Waals surface area contributed by atoms with Gasteiger partial charge in [0.25, 0.3) is 0 Å². The van der Waals surface area contributed by atoms with Gasteiger partial charge in [-0.15, -0.1) is 0 Å². The molecule has 0 N–H and O–H groups in total. The van der Waals surface area contributed by atoms with Crippen molar-refractivity contribution in [2.75, 3.05) is 0 Å². The number of rotatable bonds is 7. The summed E-state index contributed by atoms with van der Waals surface area (Å²) in [7, 11) is 0. The van der Waals surface area contributed by atoms with Crippen molar-refractivity contribution in [1.82, 2.24) is 0 Å². The molecule has 0 fully saturated rings. The van der Waals surface area contributed by atoms with Crippen LogP contribution < -0.4 is 0 Å². The van der Waals surface area contributed by atoms with E-state index in [9.17, 15) is 9.59 Å². The second-order valence-corrected chi connectivity index (χ2v) is 5.57. The van der Waals surface area contributed by atoms with Gasteiger partial charge in [-0.05, 0) is 39.7 Å². The summed E-state index contributed by atoms with van der Waals surface area (Å²) in [6, 6.07) is 9.68. The van der Waals surface area contributed by atoms with E-state index in [2.05, 4.69) is 0 Å². The normalized spacial score (nSPS) is 11.4. The van der Waals surface area contributed by atoms with Gasteiger partial charge in [0.15, 0.2) is 5.92 Å². The molecule has 0 saturated carbocycles. The molecule has 0 aromatic heterocycles. The fourth-order valence-electron chi connectivity index (χ4n) is 1.82. The van der Waals surface area contributed by atoms with Crippen LogP contribution in [-0.2, 0) is 19.1 Å². The van der Waals surface area contributed by atoms with Crippen molar-refractivity contribution in [2.24, 2.45) is 5.92 Å². The Bertz CT molecular complexity index is 481. The molecule has 0 bridgehead atoms. The topological polar surface area (TPSA) is 52.6 Å². The number of hydrogen-bond donors (Lipinski definition) is 0. The van der Waals surface area contributed by atoms with Gasteiger partial charge in [-0.3, -0.25) is 9.59 Å². The molecule has 120 valence electrons. The largest absolute Gasteiger partial charge is 0.462 e. The van der Waals surface area contributed by atoms with Gasteiger partial charge in [0.05, 0.1) is 12.2 Å². The highest BCUT2D eigenvalue weighted by atomic mass is 16.6. The first-order valence-corrected chi connectivity index (χ1v) is 7.52. The number of carbonyl (C=O) groups excluding carboxylic acids is 2. The smallest absolute Gasteiger partial charge is 0.320 e. The van der Waals surface area contributed by atoms with Crippen molar-refractivity contribution >= 4 is 18.0 Å². The van der Waals surface area contributed by atoms with Crippen molar-refractivity contribution in [2.45, 2.75) is 46.3 Å². The molecular formula is C18H24O4. The predicted molar refractivity (Wildman–Crippen MR) is 86.0 cm³/mol. The van der Waals surface area contributed by atoms with E-state index in [0.29, 0.717) is 0 Å². The Labute approximate surface area is 132 Å². The minimum absolute atomic E-state index is 0.256. The van der Waals surface area contributed by atoms with E-state index in [1.54, 1.807) is 33.8 Å². The summed E-state index contributed by atoms with van der Waals surface area (Å²) in [5.41, 5.74) is 1.01. The van der Waals surface area contributed by atoms with Crippen LogP contribution in [0.4, 0.5) is 0 Å². The molecule has 0 heterocycles. The van der Waals surface area contributed by atoms with Crippen molar-refractivity contribution < 1.29 is 19.1 Å². The van der Waals surface area contributed by atoms with Crippen LogP contribution in [0.15, 0.2) is 36.4 Å². The number of hydrogen-bond acceptors (Lipinski definition) is 4. The van der Waals surface area contributed by atoms with E-state index < -0.39 is 17.9 Å². The lowest BCUT2D eigenvalue weighted by Gasteiger charge is -2.17. The van der Waals surface area contributed by atoms with E-state index in [-0.39, 0.29) is 18.6 Å². The van der Waals surface area contributed by atoms with Gasteiger partial charge < -0.3 is 9.47 Å². The standard InChI is InChI=1S/C18H24O4/c1-13(2)21-17(19)16(18(20)22-14(3)4)12-8-11-15-9-6-5-7-10-15/h5-11,13-14,16H,12H2,1-4H3. The van der Waals surface area contributed by atoms with Crippen LogP contribution in [0.3, 0.4) is 0 Å². The van der Waals surface area contributed by atoms with Crippen LogP contribution in [0, 0.1) is 5.92 Å². The molecule has 0 spiro atoms. The Hall–Kier alpha value is -2.10. The molecule has 0 saturated heterocycles. The van der Waals surface area contributed by atoms with Crippen LogP contribution >= 0.6 is 0 Å². The molecule has 0 amide bonds. The second-order valence-electron chi connectivity index (χ2n) is 5.57. The zero-order chi connectivity index (χ0) is 16.5. The van der Waals surface area contributed by atoms with Gasteiger partial charge in [-0.1, -0.05) is 42.5 Å². The van der Waals surface area contributed by atoms with Crippen molar-refractivity contribution in [3.63, 3.8) is 0 Å². The average Bonchev–Trinajstić information content (AvgIpc) is 2.42. The third-order valence-electron chi connectivity index (χ3n) is 2.75. The summed E-state index contributed by atoms with van der Waals surface area (Å²) in [5.74, 6) is -2.01. The Morgan fingerprint density at radius 3 is 1.91 bits per heavy atom. The SMILES string of the molecule is CC(C)OC(=O)C(CC=Cc1ccccc1)C(=O)OC(C)C. The van der Waals surface area contributed by atoms with E-state index in [1.165, 1.54) is 0 Å². The third kappa shape index (κ3) is 6.57. The molecule has 0 unspecified atom stereocenters. The average molecular weight is 304 g/mol. The number of esters is 2. The van der Waals surface area contributed by atoms with Gasteiger partial charge in [0.1, 0.15) is 0 Å². The molecule has 0 aliphatic heterocycles. The van der Waals surface area contributed by atoms with Crippen LogP contribution in [-0.4, -0.2) is 24.1 Å². The van der Waals surface area contributed by atoms with Crippen LogP contribution in [0.25, 0.3) is 6.08 Å². The summed E-state index contributed by atoms with van der Waals surface area (Å²) in [4.78, 5) is 24.1. The number of ether oxygens (including phenoxy) is 2. The fraction of sp³-hybridized carbons (Fsp3) is 0.444. The third-order valence-corrected chi connectivity index (χ3v) is 2.75. The van der Waals surface area contributed by atoms with Crippen LogP contribution in [0.1, 0.15) is 39.7 Å². The van der Waals surface area contributed by atoms with Gasteiger partial charge in [-0.2, -0.15) is 0 Å². The molecular weight excluding hydrogens is 280 g/mol. The zero-order valence-corrected chi connectivity index (χ0v) is 13.6. The van der Waals surface area contributed by atoms with Gasteiger partial charge in [-0.25, -0.2) is 0 Å². The van der Waals surface area contributed by atoms with Crippen molar-refractivity contribution in [3.8, 4) is 0 Å². The quantitative estimate of drug-likeness (QED) is 0.570. The molecule has 22 heavy (non-hydrogen) atoms. The first-order valence-electron chi connectivity index (χ1n) is 7.52. The first-order chi connectivity index (χ1) is 10.4. The van der Waals surface area contributed by atoms with E-state index in [1.807, 2.05) is 36.4 Å². The number of benzene rings is 1. The molecule has 0 aliphatic carbocycles. The monoisotopic (exact) mass is 304 g/mol. The molecule has 1 aromatic carbocycles. The van der Waals surface area contributed by atoms with Gasteiger partial charge >= 0.3 is 11.9 Å². The molecule has 1 rings (SSSR count). The summed E-state index contributed by atoms with van der Waals surface area (Å²) in [5, 5.41) is 0. The lowest BCUT2D eigenvalue weighted by Crippen LogP contribution is -2.30. The Balaban J connectivity index is 2.74. The summed E-state index contributed by atoms with van der Waals surface area (Å²) in [6.07, 6.45) is 3.40. The maximum absolute atomic E-state index is 12.1. The summed E-state index contributed by atoms with van der Waals surface area (Å²) >= 11 is 0. The van der Waals surface area contributed by atoms with Crippen molar-refractivity contribution in [3.05, 3.63) is 42.0 Å². The molecule has 4 nitrogen and oxygen atoms in total.